The van der Waals surface area contributed by atoms with Crippen molar-refractivity contribution in [2.24, 2.45) is 0 Å². The van der Waals surface area contributed by atoms with Crippen molar-refractivity contribution in [2.75, 3.05) is 39.3 Å². The van der Waals surface area contributed by atoms with Gasteiger partial charge in [0.2, 0.25) is 0 Å². The molecule has 220 valence electrons. The largest absolute Gasteiger partial charge is 0.432 e. The molecule has 0 radical (unpaired) electrons. The van der Waals surface area contributed by atoms with Crippen LogP contribution in [0, 0.1) is 0 Å². The molecule has 3 aromatic carbocycles. The number of amides is 1. The zero-order valence-electron chi connectivity index (χ0n) is 25.9. The van der Waals surface area contributed by atoms with Crippen molar-refractivity contribution in [1.82, 2.24) is 14.7 Å². The minimum absolute atomic E-state index is 0.0904. The van der Waals surface area contributed by atoms with E-state index in [0.717, 1.165) is 44.7 Å². The Balaban J connectivity index is 1.61. The van der Waals surface area contributed by atoms with E-state index in [1.807, 2.05) is 44.0 Å². The Morgan fingerprint density at radius 1 is 0.854 bits per heavy atom. The molecule has 6 heteroatoms. The Labute approximate surface area is 248 Å². The summed E-state index contributed by atoms with van der Waals surface area (Å²) in [4.78, 5) is 30.9. The molecular formula is C35H49N3O2Si. The molecule has 0 saturated carbocycles. The number of carbonyl (C=O) groups excluding carboxylic acids is 1. The smallest absolute Gasteiger partial charge is 0.253 e. The van der Waals surface area contributed by atoms with Crippen LogP contribution in [0.25, 0.3) is 0 Å². The van der Waals surface area contributed by atoms with E-state index < -0.39 is 8.32 Å². The molecule has 0 spiro atoms. The Hall–Kier alpha value is -2.77. The zero-order chi connectivity index (χ0) is 29.6. The molecule has 4 rings (SSSR count). The number of hydrogen-bond acceptors (Lipinski definition) is 4. The monoisotopic (exact) mass is 571 g/mol. The summed E-state index contributed by atoms with van der Waals surface area (Å²) in [5.74, 6) is 0.0904. The van der Waals surface area contributed by atoms with E-state index in [-0.39, 0.29) is 17.0 Å². The predicted molar refractivity (Wildman–Crippen MR) is 173 cm³/mol. The van der Waals surface area contributed by atoms with Gasteiger partial charge in [0.15, 0.2) is 8.32 Å². The molecule has 1 N–H and O–H groups in total. The number of hydrogen-bond donors (Lipinski definition) is 1. The van der Waals surface area contributed by atoms with Crippen molar-refractivity contribution < 1.29 is 9.59 Å². The molecule has 0 aliphatic carbocycles. The highest BCUT2D eigenvalue weighted by molar-refractivity contribution is 6.72. The fourth-order valence-electron chi connectivity index (χ4n) is 5.74. The second-order valence-electron chi connectivity index (χ2n) is 12.7. The maximum absolute atomic E-state index is 13.0. The molecule has 1 atom stereocenters. The van der Waals surface area contributed by atoms with Crippen LogP contribution in [0.5, 0.6) is 0 Å². The van der Waals surface area contributed by atoms with Crippen LogP contribution in [0.1, 0.15) is 66.3 Å². The number of carbonyl (C=O) groups is 1. The third kappa shape index (κ3) is 7.75. The van der Waals surface area contributed by atoms with Gasteiger partial charge in [-0.1, -0.05) is 80.6 Å². The molecule has 0 bridgehead atoms. The summed E-state index contributed by atoms with van der Waals surface area (Å²) in [6, 6.07) is 28.1. The van der Waals surface area contributed by atoms with Crippen LogP contribution in [-0.4, -0.2) is 73.0 Å². The number of piperazine rings is 1. The van der Waals surface area contributed by atoms with Gasteiger partial charge in [0.25, 0.3) is 5.91 Å². The van der Waals surface area contributed by atoms with Crippen LogP contribution in [0.3, 0.4) is 0 Å². The van der Waals surface area contributed by atoms with Crippen LogP contribution in [0.15, 0.2) is 78.9 Å². The molecule has 0 aromatic heterocycles. The molecular weight excluding hydrogens is 522 g/mol. The minimum atomic E-state index is -2.33. The SMILES string of the molecule is CCN(CC)C(=O)c1ccc(C(c2cccc(CC(C)(C)[Si](C)(C)O)c2)N2CCN(Cc3ccccc3)CC2)cc1. The van der Waals surface area contributed by atoms with E-state index in [9.17, 15) is 9.59 Å². The fraction of sp³-hybridized carbons (Fsp3) is 0.457. The molecule has 3 aromatic rings. The van der Waals surface area contributed by atoms with Gasteiger partial charge in [-0.15, -0.1) is 0 Å². The van der Waals surface area contributed by atoms with E-state index in [2.05, 4.69) is 90.4 Å². The predicted octanol–water partition coefficient (Wildman–Crippen LogP) is 6.60. The highest BCUT2D eigenvalue weighted by Gasteiger charge is 2.38. The van der Waals surface area contributed by atoms with Gasteiger partial charge in [-0.05, 0) is 72.8 Å². The normalized spacial score (nSPS) is 16.0. The molecule has 1 amide bonds. The third-order valence-corrected chi connectivity index (χ3v) is 12.6. The van der Waals surface area contributed by atoms with E-state index >= 15 is 0 Å². The third-order valence-electron chi connectivity index (χ3n) is 9.11. The lowest BCUT2D eigenvalue weighted by atomic mass is 9.92. The Bertz CT molecular complexity index is 1260. The minimum Gasteiger partial charge on any atom is -0.432 e. The van der Waals surface area contributed by atoms with Gasteiger partial charge in [-0.25, -0.2) is 0 Å². The van der Waals surface area contributed by atoms with Crippen molar-refractivity contribution in [3.63, 3.8) is 0 Å². The lowest BCUT2D eigenvalue weighted by Gasteiger charge is -2.40. The summed E-state index contributed by atoms with van der Waals surface area (Å²) in [7, 11) is -2.33. The van der Waals surface area contributed by atoms with Crippen molar-refractivity contribution in [3.8, 4) is 0 Å². The summed E-state index contributed by atoms with van der Waals surface area (Å²) in [5, 5.41) is -0.128. The summed E-state index contributed by atoms with van der Waals surface area (Å²) in [6.45, 7) is 18.9. The maximum atomic E-state index is 13.0. The lowest BCUT2D eigenvalue weighted by Crippen LogP contribution is -2.47. The average molecular weight is 572 g/mol. The number of nitrogens with zero attached hydrogens (tertiary/aromatic N) is 3. The highest BCUT2D eigenvalue weighted by Crippen LogP contribution is 2.39. The fourth-order valence-corrected chi connectivity index (χ4v) is 6.37. The van der Waals surface area contributed by atoms with Gasteiger partial charge in [0.05, 0.1) is 6.04 Å². The van der Waals surface area contributed by atoms with Crippen molar-refractivity contribution >= 4 is 14.2 Å². The Morgan fingerprint density at radius 2 is 1.46 bits per heavy atom. The summed E-state index contributed by atoms with van der Waals surface area (Å²) in [5.41, 5.74) is 5.86. The Kier molecular flexibility index (Phi) is 10.2. The standard InChI is InChI=1S/C35H49N3O2Si/c1-7-37(8-2)34(39)31-19-17-30(18-20-31)33(32-16-12-15-29(25-32)26-35(3,4)41(5,6)40)38-23-21-36(22-24-38)27-28-13-10-9-11-14-28/h9-20,25,33,40H,7-8,21-24,26-27H2,1-6H3. The molecule has 5 nitrogen and oxygen atoms in total. The van der Waals surface area contributed by atoms with Gasteiger partial charge in [-0.2, -0.15) is 0 Å². The van der Waals surface area contributed by atoms with Crippen LogP contribution < -0.4 is 0 Å². The van der Waals surface area contributed by atoms with Gasteiger partial charge in [-0.3, -0.25) is 14.6 Å². The van der Waals surface area contributed by atoms with E-state index in [1.165, 1.54) is 22.3 Å². The van der Waals surface area contributed by atoms with E-state index in [1.54, 1.807) is 0 Å². The second kappa shape index (κ2) is 13.5. The van der Waals surface area contributed by atoms with Gasteiger partial charge < -0.3 is 9.70 Å². The number of benzene rings is 3. The number of rotatable bonds is 11. The lowest BCUT2D eigenvalue weighted by molar-refractivity contribution is 0.0773. The molecule has 1 aliphatic rings. The van der Waals surface area contributed by atoms with Gasteiger partial charge in [0.1, 0.15) is 0 Å². The van der Waals surface area contributed by atoms with E-state index in [0.29, 0.717) is 13.1 Å². The van der Waals surface area contributed by atoms with Crippen LogP contribution in [0.2, 0.25) is 18.1 Å². The van der Waals surface area contributed by atoms with Crippen molar-refractivity contribution in [1.29, 1.82) is 0 Å². The average Bonchev–Trinajstić information content (AvgIpc) is 2.95. The first-order valence-electron chi connectivity index (χ1n) is 15.2. The first-order chi connectivity index (χ1) is 19.5. The van der Waals surface area contributed by atoms with Crippen molar-refractivity contribution in [2.45, 2.75) is 64.8 Å². The Morgan fingerprint density at radius 3 is 2.05 bits per heavy atom. The van der Waals surface area contributed by atoms with Crippen LogP contribution in [0.4, 0.5) is 0 Å². The molecule has 1 aliphatic heterocycles. The van der Waals surface area contributed by atoms with E-state index in [4.69, 9.17) is 0 Å². The molecule has 41 heavy (non-hydrogen) atoms. The second-order valence-corrected chi connectivity index (χ2v) is 17.1. The van der Waals surface area contributed by atoms with Gasteiger partial charge >= 0.3 is 0 Å². The summed E-state index contributed by atoms with van der Waals surface area (Å²) < 4.78 is 0. The maximum Gasteiger partial charge on any atom is 0.253 e. The van der Waals surface area contributed by atoms with Gasteiger partial charge in [0, 0.05) is 51.4 Å². The first kappa shape index (κ1) is 31.2. The molecule has 1 fully saturated rings. The van der Waals surface area contributed by atoms with Crippen LogP contribution >= 0.6 is 0 Å². The zero-order valence-corrected chi connectivity index (χ0v) is 26.9. The molecule has 1 saturated heterocycles. The summed E-state index contributed by atoms with van der Waals surface area (Å²) in [6.07, 6.45) is 0.853. The van der Waals surface area contributed by atoms with Crippen LogP contribution in [-0.2, 0) is 13.0 Å². The summed E-state index contributed by atoms with van der Waals surface area (Å²) >= 11 is 0. The topological polar surface area (TPSA) is 47.0 Å². The highest BCUT2D eigenvalue weighted by atomic mass is 28.4. The van der Waals surface area contributed by atoms with Crippen molar-refractivity contribution in [3.05, 3.63) is 107 Å². The quantitative estimate of drug-likeness (QED) is 0.264. The molecule has 1 unspecified atom stereocenters. The molecule has 1 heterocycles. The first-order valence-corrected chi connectivity index (χ1v) is 18.2.